The van der Waals surface area contributed by atoms with Crippen molar-refractivity contribution in [3.8, 4) is 11.5 Å². The summed E-state index contributed by atoms with van der Waals surface area (Å²) in [6, 6.07) is 5.47. The van der Waals surface area contributed by atoms with Gasteiger partial charge in [0.1, 0.15) is 5.82 Å². The van der Waals surface area contributed by atoms with Crippen LogP contribution in [0.5, 0.6) is 11.5 Å². The number of rotatable bonds is 5. The van der Waals surface area contributed by atoms with Gasteiger partial charge >= 0.3 is 0 Å². The number of aromatic nitrogens is 3. The Morgan fingerprint density at radius 1 is 1.21 bits per heavy atom. The summed E-state index contributed by atoms with van der Waals surface area (Å²) in [6.07, 6.45) is 7.07. The molecule has 2 aromatic rings. The fraction of sp³-hybridized carbons (Fsp3) is 0.591. The molecule has 2 aliphatic carbocycles. The molecule has 1 aromatic carbocycles. The molecule has 1 amide bonds. The third kappa shape index (κ3) is 3.07. The second-order valence-electron chi connectivity index (χ2n) is 8.70. The first-order chi connectivity index (χ1) is 14.1. The van der Waals surface area contributed by atoms with Crippen LogP contribution in [0.3, 0.4) is 0 Å². The van der Waals surface area contributed by atoms with Gasteiger partial charge in [-0.15, -0.1) is 0 Å². The summed E-state index contributed by atoms with van der Waals surface area (Å²) in [5.41, 5.74) is 0.652. The smallest absolute Gasteiger partial charge is 0.257 e. The van der Waals surface area contributed by atoms with Gasteiger partial charge in [0.15, 0.2) is 17.3 Å². The molecule has 5 rings (SSSR count). The zero-order valence-corrected chi connectivity index (χ0v) is 17.1. The van der Waals surface area contributed by atoms with E-state index in [-0.39, 0.29) is 17.2 Å². The summed E-state index contributed by atoms with van der Waals surface area (Å²) < 4.78 is 10.9. The second-order valence-corrected chi connectivity index (χ2v) is 8.70. The van der Waals surface area contributed by atoms with Gasteiger partial charge in [-0.1, -0.05) is 18.9 Å². The zero-order chi connectivity index (χ0) is 20.0. The molecular formula is C22H28N4O3. The largest absolute Gasteiger partial charge is 0.493 e. The summed E-state index contributed by atoms with van der Waals surface area (Å²) in [6.45, 7) is 1.43. The van der Waals surface area contributed by atoms with Crippen LogP contribution in [0.25, 0.3) is 0 Å². The Bertz CT molecular complexity index is 915. The fourth-order valence-electron chi connectivity index (χ4n) is 5.28. The van der Waals surface area contributed by atoms with Crippen molar-refractivity contribution < 1.29 is 14.3 Å². The van der Waals surface area contributed by atoms with Gasteiger partial charge in [0.2, 0.25) is 0 Å². The van der Waals surface area contributed by atoms with Gasteiger partial charge < -0.3 is 14.4 Å². The van der Waals surface area contributed by atoms with E-state index >= 15 is 0 Å². The predicted molar refractivity (Wildman–Crippen MR) is 107 cm³/mol. The van der Waals surface area contributed by atoms with E-state index in [1.807, 2.05) is 23.1 Å². The Labute approximate surface area is 170 Å². The molecule has 3 fully saturated rings. The average Bonchev–Trinajstić information content (AvgIpc) is 3.17. The lowest BCUT2D eigenvalue weighted by atomic mass is 9.76. The van der Waals surface area contributed by atoms with Gasteiger partial charge in [-0.2, -0.15) is 5.10 Å². The summed E-state index contributed by atoms with van der Waals surface area (Å²) in [5.74, 6) is 3.73. The first-order valence-electron chi connectivity index (χ1n) is 10.6. The van der Waals surface area contributed by atoms with E-state index in [9.17, 15) is 4.79 Å². The fourth-order valence-corrected chi connectivity index (χ4v) is 5.28. The molecule has 1 spiro atoms. The highest BCUT2D eigenvalue weighted by molar-refractivity contribution is 5.98. The molecule has 1 N–H and O–H groups in total. The minimum atomic E-state index is -0.00328. The van der Waals surface area contributed by atoms with E-state index in [1.54, 1.807) is 14.2 Å². The second kappa shape index (κ2) is 7.04. The summed E-state index contributed by atoms with van der Waals surface area (Å²) in [5, 5.41) is 7.70. The van der Waals surface area contributed by atoms with Gasteiger partial charge in [-0.25, -0.2) is 4.98 Å². The minimum absolute atomic E-state index is 0.00328. The number of benzene rings is 1. The number of hydrogen-bond donors (Lipinski definition) is 1. The van der Waals surface area contributed by atoms with Crippen molar-refractivity contribution in [2.45, 2.75) is 50.4 Å². The molecule has 154 valence electrons. The van der Waals surface area contributed by atoms with Gasteiger partial charge in [0.25, 0.3) is 5.91 Å². The molecular weight excluding hydrogens is 368 g/mol. The number of aromatic amines is 1. The number of carbonyl (C=O) groups is 1. The number of hydrogen-bond acceptors (Lipinski definition) is 5. The van der Waals surface area contributed by atoms with Crippen LogP contribution in [-0.4, -0.2) is 53.3 Å². The molecule has 7 nitrogen and oxygen atoms in total. The number of ether oxygens (including phenoxy) is 2. The molecule has 7 heteroatoms. The number of amides is 1. The Morgan fingerprint density at radius 3 is 2.69 bits per heavy atom. The molecule has 1 unspecified atom stereocenters. The summed E-state index contributed by atoms with van der Waals surface area (Å²) in [7, 11) is 3.17. The maximum absolute atomic E-state index is 13.5. The van der Waals surface area contributed by atoms with Crippen LogP contribution in [0.2, 0.25) is 0 Å². The highest BCUT2D eigenvalue weighted by Crippen LogP contribution is 2.53. The van der Waals surface area contributed by atoms with Crippen LogP contribution in [0, 0.1) is 5.41 Å². The highest BCUT2D eigenvalue weighted by atomic mass is 16.5. The molecule has 1 atom stereocenters. The molecule has 3 aliphatic rings. The van der Waals surface area contributed by atoms with E-state index in [2.05, 4.69) is 10.2 Å². The normalized spacial score (nSPS) is 23.0. The molecule has 1 saturated heterocycles. The van der Waals surface area contributed by atoms with Crippen LogP contribution in [-0.2, 0) is 0 Å². The van der Waals surface area contributed by atoms with Crippen molar-refractivity contribution in [2.24, 2.45) is 5.41 Å². The molecule has 1 aromatic heterocycles. The molecule has 0 radical (unpaired) electrons. The lowest BCUT2D eigenvalue weighted by molar-refractivity contribution is 0.0769. The predicted octanol–water partition coefficient (Wildman–Crippen LogP) is 3.50. The lowest BCUT2D eigenvalue weighted by Crippen LogP contribution is -2.31. The van der Waals surface area contributed by atoms with Crippen LogP contribution in [0.15, 0.2) is 18.2 Å². The molecule has 1 aliphatic heterocycles. The van der Waals surface area contributed by atoms with E-state index < -0.39 is 0 Å². The summed E-state index contributed by atoms with van der Waals surface area (Å²) >= 11 is 0. The monoisotopic (exact) mass is 396 g/mol. The van der Waals surface area contributed by atoms with E-state index in [4.69, 9.17) is 14.5 Å². The third-order valence-electron chi connectivity index (χ3n) is 6.96. The third-order valence-corrected chi connectivity index (χ3v) is 6.96. The van der Waals surface area contributed by atoms with Gasteiger partial charge in [0.05, 0.1) is 19.8 Å². The van der Waals surface area contributed by atoms with Crippen molar-refractivity contribution >= 4 is 5.91 Å². The number of H-pyrrole nitrogens is 1. The number of nitrogens with zero attached hydrogens (tertiary/aromatic N) is 3. The average molecular weight is 396 g/mol. The Morgan fingerprint density at radius 2 is 2.00 bits per heavy atom. The van der Waals surface area contributed by atoms with Gasteiger partial charge in [-0.05, 0) is 43.2 Å². The van der Waals surface area contributed by atoms with Crippen molar-refractivity contribution in [2.75, 3.05) is 27.3 Å². The van der Waals surface area contributed by atoms with Crippen LogP contribution in [0.1, 0.15) is 72.4 Å². The minimum Gasteiger partial charge on any atom is -0.493 e. The molecule has 0 bridgehead atoms. The molecule has 2 heterocycles. The molecule has 2 saturated carbocycles. The first-order valence-corrected chi connectivity index (χ1v) is 10.6. The lowest BCUT2D eigenvalue weighted by Gasteiger charge is -2.28. The van der Waals surface area contributed by atoms with Crippen molar-refractivity contribution in [3.63, 3.8) is 0 Å². The summed E-state index contributed by atoms with van der Waals surface area (Å²) in [4.78, 5) is 20.3. The topological polar surface area (TPSA) is 80.3 Å². The number of nitrogens with one attached hydrogen (secondary N) is 1. The van der Waals surface area contributed by atoms with Crippen LogP contribution < -0.4 is 9.47 Å². The standard InChI is InChI=1S/C22H28N4O3/c1-28-17-7-5-6-15(18(17)29-2)21(27)26-12-16(22(13-26)10-3-4-11-22)20-23-19(24-25-20)14-8-9-14/h5-7,14,16H,3-4,8-13H2,1-2H3,(H,23,24,25). The molecule has 29 heavy (non-hydrogen) atoms. The van der Waals surface area contributed by atoms with E-state index in [0.29, 0.717) is 29.5 Å². The Hall–Kier alpha value is -2.57. The van der Waals surface area contributed by atoms with Crippen LogP contribution in [0.4, 0.5) is 0 Å². The number of methoxy groups -OCH3 is 2. The SMILES string of the molecule is COc1cccc(C(=O)N2CC(c3nc(C4CC4)n[nH]3)C3(CCCC3)C2)c1OC. The van der Waals surface area contributed by atoms with Gasteiger partial charge in [-0.3, -0.25) is 9.89 Å². The van der Waals surface area contributed by atoms with Crippen molar-refractivity contribution in [1.82, 2.24) is 20.1 Å². The Kier molecular flexibility index (Phi) is 4.48. The first kappa shape index (κ1) is 18.5. The maximum Gasteiger partial charge on any atom is 0.257 e. The Balaban J connectivity index is 1.45. The van der Waals surface area contributed by atoms with E-state index in [1.165, 1.54) is 25.7 Å². The maximum atomic E-state index is 13.5. The number of carbonyl (C=O) groups excluding carboxylic acids is 1. The highest BCUT2D eigenvalue weighted by Gasteiger charge is 2.51. The zero-order valence-electron chi connectivity index (χ0n) is 17.1. The quantitative estimate of drug-likeness (QED) is 0.837. The van der Waals surface area contributed by atoms with E-state index in [0.717, 1.165) is 31.0 Å². The number of para-hydroxylation sites is 1. The van der Waals surface area contributed by atoms with Crippen molar-refractivity contribution in [3.05, 3.63) is 35.4 Å². The number of likely N-dealkylation sites (tertiary alicyclic amines) is 1. The van der Waals surface area contributed by atoms with Gasteiger partial charge in [0, 0.05) is 24.9 Å². The van der Waals surface area contributed by atoms with Crippen molar-refractivity contribution in [1.29, 1.82) is 0 Å². The van der Waals surface area contributed by atoms with Crippen LogP contribution >= 0.6 is 0 Å².